The molecule has 1 atom stereocenters. The van der Waals surface area contributed by atoms with E-state index in [1.54, 1.807) is 19.3 Å². The molecule has 0 radical (unpaired) electrons. The lowest BCUT2D eigenvalue weighted by Crippen LogP contribution is -2.25. The molecule has 0 aliphatic carbocycles. The van der Waals surface area contributed by atoms with Gasteiger partial charge in [0.25, 0.3) is 5.89 Å². The Kier molecular flexibility index (Phi) is 3.82. The number of anilines is 1. The van der Waals surface area contributed by atoms with Crippen LogP contribution in [0, 0.1) is 6.92 Å². The van der Waals surface area contributed by atoms with Crippen molar-refractivity contribution in [2.45, 2.75) is 19.4 Å². The number of aromatic nitrogens is 4. The first-order valence-corrected chi connectivity index (χ1v) is 7.88. The molecule has 1 aliphatic heterocycles. The van der Waals surface area contributed by atoms with Gasteiger partial charge in [0.2, 0.25) is 5.88 Å². The Bertz CT molecular complexity index is 821. The number of aryl methyl sites for hydroxylation is 1. The maximum absolute atomic E-state index is 5.94. The largest absolute Gasteiger partial charge is 0.472 e. The first kappa shape index (κ1) is 14.6. The van der Waals surface area contributed by atoms with Crippen molar-refractivity contribution < 1.29 is 9.26 Å². The molecule has 24 heavy (non-hydrogen) atoms. The van der Waals surface area contributed by atoms with Crippen molar-refractivity contribution in [3.63, 3.8) is 0 Å². The quantitative estimate of drug-likeness (QED) is 0.730. The normalized spacial score (nSPS) is 17.2. The Morgan fingerprint density at radius 1 is 1.17 bits per heavy atom. The molecule has 4 heterocycles. The number of pyridine rings is 2. The van der Waals surface area contributed by atoms with Crippen molar-refractivity contribution in [2.75, 3.05) is 18.0 Å². The third kappa shape index (κ3) is 2.92. The van der Waals surface area contributed by atoms with E-state index in [0.717, 1.165) is 30.9 Å². The fourth-order valence-corrected chi connectivity index (χ4v) is 2.83. The first-order chi connectivity index (χ1) is 11.8. The van der Waals surface area contributed by atoms with Gasteiger partial charge in [0, 0.05) is 31.4 Å². The summed E-state index contributed by atoms with van der Waals surface area (Å²) in [5.74, 6) is 2.59. The van der Waals surface area contributed by atoms with Crippen LogP contribution in [0.4, 0.5) is 5.82 Å². The molecule has 1 saturated heterocycles. The molecule has 1 aliphatic rings. The number of ether oxygens (including phenoxy) is 1. The minimum absolute atomic E-state index is 0.0826. The number of rotatable bonds is 4. The zero-order valence-electron chi connectivity index (χ0n) is 13.3. The second-order valence-corrected chi connectivity index (χ2v) is 5.66. The molecule has 0 amide bonds. The lowest BCUT2D eigenvalue weighted by molar-refractivity contribution is 0.216. The SMILES string of the molecule is Cc1noc(-c2cccnc2N2CCC(Oc3ccccn3)C2)n1. The smallest absolute Gasteiger partial charge is 0.261 e. The number of nitrogens with zero attached hydrogens (tertiary/aromatic N) is 5. The Morgan fingerprint density at radius 3 is 2.88 bits per heavy atom. The summed E-state index contributed by atoms with van der Waals surface area (Å²) in [6, 6.07) is 9.48. The monoisotopic (exact) mass is 323 g/mol. The van der Waals surface area contributed by atoms with E-state index < -0.39 is 0 Å². The van der Waals surface area contributed by atoms with Crippen molar-refractivity contribution in [3.8, 4) is 17.3 Å². The minimum atomic E-state index is 0.0826. The zero-order valence-corrected chi connectivity index (χ0v) is 13.3. The fraction of sp³-hybridized carbons (Fsp3) is 0.294. The van der Waals surface area contributed by atoms with Gasteiger partial charge in [-0.25, -0.2) is 9.97 Å². The molecular weight excluding hydrogens is 306 g/mol. The van der Waals surface area contributed by atoms with E-state index in [4.69, 9.17) is 9.26 Å². The van der Waals surface area contributed by atoms with E-state index in [1.807, 2.05) is 30.3 Å². The van der Waals surface area contributed by atoms with Crippen LogP contribution in [0.1, 0.15) is 12.2 Å². The van der Waals surface area contributed by atoms with Crippen LogP contribution in [0.5, 0.6) is 5.88 Å². The summed E-state index contributed by atoms with van der Waals surface area (Å²) in [5, 5.41) is 3.87. The van der Waals surface area contributed by atoms with Gasteiger partial charge in [-0.15, -0.1) is 0 Å². The molecule has 4 rings (SSSR count). The molecule has 0 spiro atoms. The Hall–Kier alpha value is -2.96. The van der Waals surface area contributed by atoms with E-state index in [2.05, 4.69) is 25.0 Å². The van der Waals surface area contributed by atoms with Crippen molar-refractivity contribution >= 4 is 5.82 Å². The third-order valence-electron chi connectivity index (χ3n) is 3.91. The van der Waals surface area contributed by atoms with Crippen LogP contribution >= 0.6 is 0 Å². The summed E-state index contributed by atoms with van der Waals surface area (Å²) in [4.78, 5) is 15.2. The summed E-state index contributed by atoms with van der Waals surface area (Å²) in [5.41, 5.74) is 0.844. The summed E-state index contributed by atoms with van der Waals surface area (Å²) in [7, 11) is 0. The minimum Gasteiger partial charge on any atom is -0.472 e. The molecule has 7 nitrogen and oxygen atoms in total. The summed E-state index contributed by atoms with van der Waals surface area (Å²) >= 11 is 0. The van der Waals surface area contributed by atoms with Gasteiger partial charge in [0.05, 0.1) is 12.1 Å². The molecule has 7 heteroatoms. The lowest BCUT2D eigenvalue weighted by Gasteiger charge is -2.19. The molecular formula is C17H17N5O2. The van der Waals surface area contributed by atoms with Crippen LogP contribution in [0.25, 0.3) is 11.5 Å². The van der Waals surface area contributed by atoms with Gasteiger partial charge >= 0.3 is 0 Å². The second kappa shape index (κ2) is 6.27. The van der Waals surface area contributed by atoms with Gasteiger partial charge < -0.3 is 14.2 Å². The topological polar surface area (TPSA) is 77.2 Å². The van der Waals surface area contributed by atoms with Crippen LogP contribution < -0.4 is 9.64 Å². The molecule has 122 valence electrons. The molecule has 3 aromatic heterocycles. The molecule has 0 bridgehead atoms. The van der Waals surface area contributed by atoms with E-state index in [-0.39, 0.29) is 6.10 Å². The maximum Gasteiger partial charge on any atom is 0.261 e. The maximum atomic E-state index is 5.94. The van der Waals surface area contributed by atoms with Gasteiger partial charge in [-0.2, -0.15) is 4.98 Å². The van der Waals surface area contributed by atoms with Gasteiger partial charge in [-0.1, -0.05) is 11.2 Å². The standard InChI is InChI=1S/C17H17N5O2/c1-12-20-17(24-21-12)14-5-4-9-19-16(14)22-10-7-13(11-22)23-15-6-2-3-8-18-15/h2-6,8-9,13H,7,10-11H2,1H3. The zero-order chi connectivity index (χ0) is 16.4. The fourth-order valence-electron chi connectivity index (χ4n) is 2.83. The Morgan fingerprint density at radius 2 is 2.08 bits per heavy atom. The first-order valence-electron chi connectivity index (χ1n) is 7.88. The molecule has 0 saturated carbocycles. The highest BCUT2D eigenvalue weighted by Gasteiger charge is 2.28. The van der Waals surface area contributed by atoms with Crippen molar-refractivity contribution in [3.05, 3.63) is 48.5 Å². The Balaban J connectivity index is 1.53. The van der Waals surface area contributed by atoms with E-state index in [9.17, 15) is 0 Å². The van der Waals surface area contributed by atoms with Crippen molar-refractivity contribution in [2.24, 2.45) is 0 Å². The van der Waals surface area contributed by atoms with E-state index >= 15 is 0 Å². The van der Waals surface area contributed by atoms with Crippen molar-refractivity contribution in [1.29, 1.82) is 0 Å². The van der Waals surface area contributed by atoms with Crippen LogP contribution in [0.2, 0.25) is 0 Å². The van der Waals surface area contributed by atoms with Gasteiger partial charge in [0.1, 0.15) is 11.9 Å². The van der Waals surface area contributed by atoms with Crippen LogP contribution in [0.3, 0.4) is 0 Å². The summed E-state index contributed by atoms with van der Waals surface area (Å²) in [6.07, 6.45) is 4.50. The number of hydrogen-bond donors (Lipinski definition) is 0. The highest BCUT2D eigenvalue weighted by molar-refractivity contribution is 5.70. The highest BCUT2D eigenvalue weighted by Crippen LogP contribution is 2.30. The molecule has 3 aromatic rings. The summed E-state index contributed by atoms with van der Waals surface area (Å²) < 4.78 is 11.2. The van der Waals surface area contributed by atoms with Crippen LogP contribution in [-0.4, -0.2) is 39.3 Å². The Labute approximate surface area is 139 Å². The van der Waals surface area contributed by atoms with Crippen LogP contribution in [0.15, 0.2) is 47.2 Å². The lowest BCUT2D eigenvalue weighted by atomic mass is 10.2. The van der Waals surface area contributed by atoms with E-state index in [1.165, 1.54) is 0 Å². The molecule has 0 aromatic carbocycles. The predicted octanol–water partition coefficient (Wildman–Crippen LogP) is 2.49. The highest BCUT2D eigenvalue weighted by atomic mass is 16.5. The van der Waals surface area contributed by atoms with Gasteiger partial charge in [0.15, 0.2) is 5.82 Å². The average Bonchev–Trinajstić information content (AvgIpc) is 3.25. The third-order valence-corrected chi connectivity index (χ3v) is 3.91. The molecule has 0 N–H and O–H groups in total. The average molecular weight is 323 g/mol. The van der Waals surface area contributed by atoms with Crippen molar-refractivity contribution in [1.82, 2.24) is 20.1 Å². The van der Waals surface area contributed by atoms with Gasteiger partial charge in [-0.05, 0) is 25.1 Å². The summed E-state index contributed by atoms with van der Waals surface area (Å²) in [6.45, 7) is 3.40. The van der Waals surface area contributed by atoms with E-state index in [0.29, 0.717) is 17.6 Å². The predicted molar refractivity (Wildman–Crippen MR) is 87.7 cm³/mol. The second-order valence-electron chi connectivity index (χ2n) is 5.66. The van der Waals surface area contributed by atoms with Gasteiger partial charge in [-0.3, -0.25) is 0 Å². The van der Waals surface area contributed by atoms with Crippen LogP contribution in [-0.2, 0) is 0 Å². The molecule has 1 unspecified atom stereocenters. The molecule has 1 fully saturated rings. The number of hydrogen-bond acceptors (Lipinski definition) is 7.